The van der Waals surface area contributed by atoms with Gasteiger partial charge in [0.15, 0.2) is 0 Å². The zero-order chi connectivity index (χ0) is 17.6. The highest BCUT2D eigenvalue weighted by Gasteiger charge is 2.52. The van der Waals surface area contributed by atoms with Gasteiger partial charge in [-0.2, -0.15) is 0 Å². The minimum atomic E-state index is 0.181. The number of ether oxygens (including phenoxy) is 1. The van der Waals surface area contributed by atoms with Gasteiger partial charge in [0.1, 0.15) is 5.75 Å². The van der Waals surface area contributed by atoms with Crippen LogP contribution >= 0.6 is 11.6 Å². The van der Waals surface area contributed by atoms with Crippen molar-refractivity contribution in [3.63, 3.8) is 0 Å². The first-order valence-corrected chi connectivity index (χ1v) is 10.5. The van der Waals surface area contributed by atoms with E-state index in [2.05, 4.69) is 32.2 Å². The fraction of sp³-hybridized carbons (Fsp3) is 0.727. The van der Waals surface area contributed by atoms with Gasteiger partial charge in [0, 0.05) is 23.2 Å². The van der Waals surface area contributed by atoms with E-state index in [9.17, 15) is 0 Å². The Labute approximate surface area is 157 Å². The Morgan fingerprint density at radius 2 is 1.68 bits per heavy atom. The molecule has 0 spiro atoms. The molecule has 1 aromatic carbocycles. The minimum absolute atomic E-state index is 0.181. The number of nitrogens with one attached hydrogen (secondary N) is 1. The Morgan fingerprint density at radius 1 is 1.08 bits per heavy atom. The summed E-state index contributed by atoms with van der Waals surface area (Å²) in [6, 6.07) is 6.55. The Morgan fingerprint density at radius 3 is 2.24 bits per heavy atom. The third-order valence-corrected chi connectivity index (χ3v) is 7.22. The number of hydrogen-bond acceptors (Lipinski definition) is 2. The van der Waals surface area contributed by atoms with Gasteiger partial charge in [-0.05, 0) is 101 Å². The molecule has 4 aliphatic carbocycles. The van der Waals surface area contributed by atoms with E-state index in [0.29, 0.717) is 11.5 Å². The van der Waals surface area contributed by atoms with Gasteiger partial charge in [0.05, 0.1) is 6.10 Å². The zero-order valence-corrected chi connectivity index (χ0v) is 16.6. The van der Waals surface area contributed by atoms with E-state index in [4.69, 9.17) is 16.3 Å². The van der Waals surface area contributed by atoms with Gasteiger partial charge in [-0.3, -0.25) is 0 Å². The normalized spacial score (nSPS) is 34.5. The maximum atomic E-state index is 6.24. The molecule has 1 aromatic rings. The van der Waals surface area contributed by atoms with Crippen LogP contribution in [-0.4, -0.2) is 12.1 Å². The smallest absolute Gasteiger partial charge is 0.124 e. The lowest BCUT2D eigenvalue weighted by molar-refractivity contribution is -0.0707. The molecule has 4 bridgehead atoms. The van der Waals surface area contributed by atoms with Crippen molar-refractivity contribution in [3.8, 4) is 5.75 Å². The Bertz CT molecular complexity index is 591. The highest BCUT2D eigenvalue weighted by molar-refractivity contribution is 6.30. The first-order chi connectivity index (χ1) is 11.9. The highest BCUT2D eigenvalue weighted by Crippen LogP contribution is 2.61. The summed E-state index contributed by atoms with van der Waals surface area (Å²) < 4.78 is 5.98. The number of halogens is 1. The molecule has 0 heterocycles. The molecule has 4 aliphatic rings. The van der Waals surface area contributed by atoms with Crippen molar-refractivity contribution in [2.75, 3.05) is 0 Å². The van der Waals surface area contributed by atoms with Crippen LogP contribution < -0.4 is 10.1 Å². The molecule has 1 N–H and O–H groups in total. The summed E-state index contributed by atoms with van der Waals surface area (Å²) in [5.74, 6) is 3.97. The average Bonchev–Trinajstić information content (AvgIpc) is 2.53. The van der Waals surface area contributed by atoms with Crippen LogP contribution in [-0.2, 0) is 6.54 Å². The van der Waals surface area contributed by atoms with Gasteiger partial charge in [-0.15, -0.1) is 0 Å². The van der Waals surface area contributed by atoms with E-state index in [1.807, 2.05) is 12.1 Å². The summed E-state index contributed by atoms with van der Waals surface area (Å²) in [7, 11) is 0. The van der Waals surface area contributed by atoms with Crippen molar-refractivity contribution in [1.82, 2.24) is 5.32 Å². The predicted molar refractivity (Wildman–Crippen MR) is 104 cm³/mol. The maximum absolute atomic E-state index is 6.24. The second-order valence-electron chi connectivity index (χ2n) is 9.30. The largest absolute Gasteiger partial charge is 0.491 e. The van der Waals surface area contributed by atoms with E-state index in [1.165, 1.54) is 44.1 Å². The summed E-state index contributed by atoms with van der Waals surface area (Å²) in [4.78, 5) is 0. The minimum Gasteiger partial charge on any atom is -0.491 e. The standard InChI is InChI=1S/C22H32ClNO/c1-14(2)25-21-5-4-20(23)9-19(21)13-24-15(3)22-10-16-6-17(11-22)8-18(7-16)12-22/h4-5,9,14-18,24H,6-8,10-13H2,1-3H3. The summed E-state index contributed by atoms with van der Waals surface area (Å²) in [6.07, 6.45) is 9.03. The Balaban J connectivity index is 1.46. The van der Waals surface area contributed by atoms with Gasteiger partial charge in [0.25, 0.3) is 0 Å². The van der Waals surface area contributed by atoms with E-state index in [-0.39, 0.29) is 6.10 Å². The number of benzene rings is 1. The molecule has 2 nitrogen and oxygen atoms in total. The van der Waals surface area contributed by atoms with Gasteiger partial charge in [0.2, 0.25) is 0 Å². The lowest BCUT2D eigenvalue weighted by Crippen LogP contribution is -2.54. The molecule has 0 aliphatic heterocycles. The molecular formula is C22H32ClNO. The van der Waals surface area contributed by atoms with Crippen LogP contribution in [0.25, 0.3) is 0 Å². The van der Waals surface area contributed by atoms with E-state index < -0.39 is 0 Å². The molecule has 0 radical (unpaired) electrons. The molecule has 25 heavy (non-hydrogen) atoms. The van der Waals surface area contributed by atoms with Gasteiger partial charge in [-0.25, -0.2) is 0 Å². The second kappa shape index (κ2) is 6.78. The first-order valence-electron chi connectivity index (χ1n) is 10.1. The number of rotatable bonds is 6. The Kier molecular flexibility index (Phi) is 4.79. The van der Waals surface area contributed by atoms with Crippen LogP contribution in [0.5, 0.6) is 5.75 Å². The SMILES string of the molecule is CC(C)Oc1ccc(Cl)cc1CNC(C)C12CC3CC(CC(C3)C1)C2. The van der Waals surface area contributed by atoms with Crippen molar-refractivity contribution < 1.29 is 4.74 Å². The summed E-state index contributed by atoms with van der Waals surface area (Å²) >= 11 is 6.24. The summed E-state index contributed by atoms with van der Waals surface area (Å²) in [5, 5.41) is 4.65. The van der Waals surface area contributed by atoms with Crippen molar-refractivity contribution in [3.05, 3.63) is 28.8 Å². The van der Waals surface area contributed by atoms with Crippen molar-refractivity contribution in [2.45, 2.75) is 78.0 Å². The molecule has 4 saturated carbocycles. The van der Waals surface area contributed by atoms with Crippen molar-refractivity contribution >= 4 is 11.6 Å². The maximum Gasteiger partial charge on any atom is 0.124 e. The fourth-order valence-electron chi connectivity index (χ4n) is 6.24. The predicted octanol–water partition coefficient (Wildman–Crippen LogP) is 5.82. The Hall–Kier alpha value is -0.730. The second-order valence-corrected chi connectivity index (χ2v) is 9.74. The molecule has 5 rings (SSSR count). The molecule has 0 saturated heterocycles. The van der Waals surface area contributed by atoms with E-state index in [0.717, 1.165) is 35.1 Å². The van der Waals surface area contributed by atoms with Gasteiger partial charge in [-0.1, -0.05) is 11.6 Å². The number of hydrogen-bond donors (Lipinski definition) is 1. The summed E-state index contributed by atoms with van der Waals surface area (Å²) in [6.45, 7) is 7.40. The molecular weight excluding hydrogens is 330 g/mol. The molecule has 0 amide bonds. The first kappa shape index (κ1) is 17.7. The quantitative estimate of drug-likeness (QED) is 0.689. The van der Waals surface area contributed by atoms with Crippen molar-refractivity contribution in [2.24, 2.45) is 23.2 Å². The summed E-state index contributed by atoms with van der Waals surface area (Å²) in [5.41, 5.74) is 1.71. The third kappa shape index (κ3) is 3.57. The van der Waals surface area contributed by atoms with Crippen LogP contribution in [0.3, 0.4) is 0 Å². The van der Waals surface area contributed by atoms with Crippen LogP contribution in [0.2, 0.25) is 5.02 Å². The van der Waals surface area contributed by atoms with Crippen LogP contribution in [0, 0.1) is 23.2 Å². The van der Waals surface area contributed by atoms with Gasteiger partial charge < -0.3 is 10.1 Å². The van der Waals surface area contributed by atoms with E-state index in [1.54, 1.807) is 0 Å². The van der Waals surface area contributed by atoms with Crippen LogP contribution in [0.15, 0.2) is 18.2 Å². The molecule has 1 atom stereocenters. The lowest BCUT2D eigenvalue weighted by atomic mass is 9.48. The fourth-order valence-corrected chi connectivity index (χ4v) is 6.44. The lowest BCUT2D eigenvalue weighted by Gasteiger charge is -2.59. The van der Waals surface area contributed by atoms with Gasteiger partial charge >= 0.3 is 0 Å². The monoisotopic (exact) mass is 361 g/mol. The topological polar surface area (TPSA) is 21.3 Å². The van der Waals surface area contributed by atoms with Crippen LogP contribution in [0.4, 0.5) is 0 Å². The molecule has 0 aromatic heterocycles. The third-order valence-electron chi connectivity index (χ3n) is 6.99. The van der Waals surface area contributed by atoms with Crippen molar-refractivity contribution in [1.29, 1.82) is 0 Å². The molecule has 1 unspecified atom stereocenters. The van der Waals surface area contributed by atoms with E-state index >= 15 is 0 Å². The average molecular weight is 362 g/mol. The molecule has 138 valence electrons. The molecule has 4 fully saturated rings. The zero-order valence-electron chi connectivity index (χ0n) is 15.9. The molecule has 3 heteroatoms. The highest BCUT2D eigenvalue weighted by atomic mass is 35.5. The van der Waals surface area contributed by atoms with Crippen LogP contribution in [0.1, 0.15) is 64.9 Å².